The first-order valence-corrected chi connectivity index (χ1v) is 3.43. The third-order valence-electron chi connectivity index (χ3n) is 1.45. The Balaban J connectivity index is 2.69. The number of aryl methyl sites for hydroxylation is 1. The highest BCUT2D eigenvalue weighted by atomic mass is 19.1. The fourth-order valence-corrected chi connectivity index (χ4v) is 0.887. The van der Waals surface area contributed by atoms with Crippen molar-refractivity contribution in [3.8, 4) is 0 Å². The first kappa shape index (κ1) is 7.92. The van der Waals surface area contributed by atoms with Gasteiger partial charge in [-0.3, -0.25) is 4.79 Å². The molecule has 0 heterocycles. The normalized spacial score (nSPS) is 9.55. The first-order chi connectivity index (χ1) is 5.34. The van der Waals surface area contributed by atoms with E-state index in [4.69, 9.17) is 0 Å². The van der Waals surface area contributed by atoms with E-state index >= 15 is 0 Å². The van der Waals surface area contributed by atoms with Crippen molar-refractivity contribution in [1.29, 1.82) is 0 Å². The molecule has 1 aromatic carbocycles. The van der Waals surface area contributed by atoms with E-state index in [1.165, 1.54) is 6.07 Å². The Labute approximate surface area is 64.9 Å². The molecule has 1 aromatic rings. The van der Waals surface area contributed by atoms with Crippen LogP contribution in [0.3, 0.4) is 0 Å². The maximum atomic E-state index is 12.8. The summed E-state index contributed by atoms with van der Waals surface area (Å²) in [5, 5.41) is 0. The van der Waals surface area contributed by atoms with Crippen LogP contribution in [0, 0.1) is 5.82 Å². The highest BCUT2D eigenvalue weighted by molar-refractivity contribution is 5.51. The van der Waals surface area contributed by atoms with Gasteiger partial charge >= 0.3 is 0 Å². The van der Waals surface area contributed by atoms with E-state index in [1.54, 1.807) is 24.5 Å². The Kier molecular flexibility index (Phi) is 2.78. The highest BCUT2D eigenvalue weighted by Crippen LogP contribution is 2.07. The molecule has 1 nitrogen and oxygen atoms in total. The second-order valence-electron chi connectivity index (χ2n) is 2.24. The van der Waals surface area contributed by atoms with Gasteiger partial charge in [0.15, 0.2) is 6.29 Å². The van der Waals surface area contributed by atoms with Gasteiger partial charge in [-0.1, -0.05) is 18.2 Å². The van der Waals surface area contributed by atoms with E-state index < -0.39 is 0 Å². The van der Waals surface area contributed by atoms with Gasteiger partial charge in [0.1, 0.15) is 5.82 Å². The minimum absolute atomic E-state index is 0.247. The van der Waals surface area contributed by atoms with Gasteiger partial charge < -0.3 is 0 Å². The monoisotopic (exact) mass is 151 g/mol. The van der Waals surface area contributed by atoms with Gasteiger partial charge in [-0.15, -0.1) is 0 Å². The van der Waals surface area contributed by atoms with Gasteiger partial charge in [0.2, 0.25) is 0 Å². The van der Waals surface area contributed by atoms with Crippen LogP contribution in [0.15, 0.2) is 24.3 Å². The average Bonchev–Trinajstić information content (AvgIpc) is 2.03. The smallest absolute Gasteiger partial charge is 0.198 e. The van der Waals surface area contributed by atoms with E-state index in [9.17, 15) is 9.18 Å². The van der Waals surface area contributed by atoms with Crippen LogP contribution >= 0.6 is 0 Å². The summed E-state index contributed by atoms with van der Waals surface area (Å²) in [6.45, 7) is 0. The van der Waals surface area contributed by atoms with Crippen LogP contribution in [-0.2, 0) is 11.2 Å². The number of benzene rings is 1. The van der Waals surface area contributed by atoms with Crippen molar-refractivity contribution >= 4 is 6.29 Å². The topological polar surface area (TPSA) is 17.1 Å². The van der Waals surface area contributed by atoms with Crippen LogP contribution in [0.1, 0.15) is 12.0 Å². The Morgan fingerprint density at radius 1 is 1.36 bits per heavy atom. The molecule has 2 heteroatoms. The first-order valence-electron chi connectivity index (χ1n) is 3.43. The van der Waals surface area contributed by atoms with E-state index in [2.05, 4.69) is 0 Å². The molecule has 57 valence electrons. The zero-order chi connectivity index (χ0) is 8.10. The van der Waals surface area contributed by atoms with E-state index in [0.717, 1.165) is 0 Å². The van der Waals surface area contributed by atoms with Gasteiger partial charge in [0.25, 0.3) is 0 Å². The molecule has 0 N–H and O–H groups in total. The summed E-state index contributed by atoms with van der Waals surface area (Å²) in [4.78, 5) is 9.84. The summed E-state index contributed by atoms with van der Waals surface area (Å²) in [7, 11) is 0. The molecule has 0 atom stereocenters. The molecular weight excluding hydrogens is 143 g/mol. The summed E-state index contributed by atoms with van der Waals surface area (Å²) in [6, 6.07) is 6.44. The van der Waals surface area contributed by atoms with Crippen LogP contribution in [0.2, 0.25) is 0 Å². The molecule has 0 unspecified atom stereocenters. The third kappa shape index (κ3) is 2.15. The predicted molar refractivity (Wildman–Crippen MR) is 40.4 cm³/mol. The Bertz CT molecular complexity index is 245. The van der Waals surface area contributed by atoms with Gasteiger partial charge in [-0.25, -0.2) is 4.39 Å². The summed E-state index contributed by atoms with van der Waals surface area (Å²) in [6.07, 6.45) is 2.43. The lowest BCUT2D eigenvalue weighted by atomic mass is 10.1. The van der Waals surface area contributed by atoms with Crippen LogP contribution in [0.25, 0.3) is 0 Å². The molecule has 11 heavy (non-hydrogen) atoms. The van der Waals surface area contributed by atoms with Crippen molar-refractivity contribution < 1.29 is 9.18 Å². The summed E-state index contributed by atoms with van der Waals surface area (Å²) in [5.41, 5.74) is 0.579. The SMILES string of the molecule is O=[C]CCc1ccccc1F. The van der Waals surface area contributed by atoms with Crippen molar-refractivity contribution in [3.05, 3.63) is 35.6 Å². The Morgan fingerprint density at radius 3 is 2.73 bits per heavy atom. The van der Waals surface area contributed by atoms with Crippen molar-refractivity contribution in [2.75, 3.05) is 0 Å². The van der Waals surface area contributed by atoms with Gasteiger partial charge in [0, 0.05) is 6.42 Å². The van der Waals surface area contributed by atoms with Crippen LogP contribution in [0.5, 0.6) is 0 Å². The van der Waals surface area contributed by atoms with Gasteiger partial charge in [-0.2, -0.15) is 0 Å². The van der Waals surface area contributed by atoms with Crippen molar-refractivity contribution in [3.63, 3.8) is 0 Å². The quantitative estimate of drug-likeness (QED) is 0.644. The molecule has 0 aliphatic rings. The maximum absolute atomic E-state index is 12.8. The number of hydrogen-bond donors (Lipinski definition) is 0. The van der Waals surface area contributed by atoms with E-state index in [0.29, 0.717) is 12.0 Å². The predicted octanol–water partition coefficient (Wildman–Crippen LogP) is 1.87. The van der Waals surface area contributed by atoms with Crippen molar-refractivity contribution in [1.82, 2.24) is 0 Å². The lowest BCUT2D eigenvalue weighted by Crippen LogP contribution is -1.89. The third-order valence-corrected chi connectivity index (χ3v) is 1.45. The Morgan fingerprint density at radius 2 is 2.09 bits per heavy atom. The molecule has 0 bridgehead atoms. The number of rotatable bonds is 3. The largest absolute Gasteiger partial charge is 0.291 e. The van der Waals surface area contributed by atoms with Crippen molar-refractivity contribution in [2.24, 2.45) is 0 Å². The molecule has 1 radical (unpaired) electrons. The van der Waals surface area contributed by atoms with Gasteiger partial charge in [-0.05, 0) is 18.1 Å². The standard InChI is InChI=1S/C9H8FO/c10-9-6-2-1-4-8(9)5-3-7-11/h1-2,4,6H,3,5H2. The highest BCUT2D eigenvalue weighted by Gasteiger charge is 1.98. The molecule has 0 amide bonds. The lowest BCUT2D eigenvalue weighted by molar-refractivity contribution is 0.549. The molecule has 1 rings (SSSR count). The minimum Gasteiger partial charge on any atom is -0.291 e. The van der Waals surface area contributed by atoms with Crippen LogP contribution in [0.4, 0.5) is 4.39 Å². The lowest BCUT2D eigenvalue weighted by Gasteiger charge is -1.97. The fourth-order valence-electron chi connectivity index (χ4n) is 0.887. The second kappa shape index (κ2) is 3.86. The molecule has 0 aliphatic heterocycles. The number of carbonyl (C=O) groups excluding carboxylic acids is 1. The molecule has 0 saturated carbocycles. The zero-order valence-electron chi connectivity index (χ0n) is 6.01. The Hall–Kier alpha value is -1.18. The summed E-state index contributed by atoms with van der Waals surface area (Å²) < 4.78 is 12.8. The molecule has 0 aliphatic carbocycles. The average molecular weight is 151 g/mol. The molecule has 0 fully saturated rings. The number of hydrogen-bond acceptors (Lipinski definition) is 1. The fraction of sp³-hybridized carbons (Fsp3) is 0.222. The van der Waals surface area contributed by atoms with Crippen LogP contribution in [-0.4, -0.2) is 6.29 Å². The molecule has 0 saturated heterocycles. The maximum Gasteiger partial charge on any atom is 0.198 e. The van der Waals surface area contributed by atoms with Crippen LogP contribution < -0.4 is 0 Å². The molecular formula is C9H8FO. The number of halogens is 1. The van der Waals surface area contributed by atoms with Gasteiger partial charge in [0.05, 0.1) is 0 Å². The zero-order valence-corrected chi connectivity index (χ0v) is 6.01. The van der Waals surface area contributed by atoms with Crippen molar-refractivity contribution in [2.45, 2.75) is 12.8 Å². The van der Waals surface area contributed by atoms with E-state index in [1.807, 2.05) is 0 Å². The minimum atomic E-state index is -0.247. The summed E-state index contributed by atoms with van der Waals surface area (Å²) >= 11 is 0. The summed E-state index contributed by atoms with van der Waals surface area (Å²) in [5.74, 6) is -0.247. The molecule has 0 aromatic heterocycles. The van der Waals surface area contributed by atoms with E-state index in [-0.39, 0.29) is 12.2 Å². The molecule has 0 spiro atoms. The second-order valence-corrected chi connectivity index (χ2v) is 2.24.